The largest absolute Gasteiger partial charge is 0.479 e. The molecule has 0 aliphatic heterocycles. The Balaban J connectivity index is 2.19. The van der Waals surface area contributed by atoms with Crippen molar-refractivity contribution >= 4 is 11.9 Å². The Labute approximate surface area is 114 Å². The van der Waals surface area contributed by atoms with E-state index >= 15 is 0 Å². The first-order valence-electron chi connectivity index (χ1n) is 5.78. The fourth-order valence-corrected chi connectivity index (χ4v) is 1.66. The molecule has 20 heavy (non-hydrogen) atoms. The molecule has 2 rings (SSSR count). The zero-order chi connectivity index (χ0) is 14.5. The van der Waals surface area contributed by atoms with Crippen molar-refractivity contribution < 1.29 is 19.1 Å². The fraction of sp³-hybridized carbons (Fsp3) is 0.0714. The van der Waals surface area contributed by atoms with Crippen LogP contribution in [-0.2, 0) is 4.79 Å². The van der Waals surface area contributed by atoms with Gasteiger partial charge in [-0.15, -0.1) is 0 Å². The molecule has 1 amide bonds. The molecule has 2 aromatic rings. The summed E-state index contributed by atoms with van der Waals surface area (Å²) in [6.45, 7) is 0. The van der Waals surface area contributed by atoms with Gasteiger partial charge in [-0.3, -0.25) is 4.79 Å². The van der Waals surface area contributed by atoms with Gasteiger partial charge < -0.3 is 10.4 Å². The Morgan fingerprint density at radius 3 is 2.40 bits per heavy atom. The average Bonchev–Trinajstić information content (AvgIpc) is 2.46. The van der Waals surface area contributed by atoms with Crippen molar-refractivity contribution in [2.75, 3.05) is 0 Å². The third kappa shape index (κ3) is 3.17. The maximum absolute atomic E-state index is 12.7. The molecule has 0 aliphatic rings. The number of rotatable bonds is 4. The van der Waals surface area contributed by atoms with Gasteiger partial charge in [-0.2, -0.15) is 4.39 Å². The molecule has 1 aromatic carbocycles. The third-order valence-electron chi connectivity index (χ3n) is 2.64. The van der Waals surface area contributed by atoms with Crippen molar-refractivity contribution in [2.45, 2.75) is 6.04 Å². The van der Waals surface area contributed by atoms with E-state index in [1.807, 2.05) is 0 Å². The summed E-state index contributed by atoms with van der Waals surface area (Å²) in [6.07, 6.45) is 1.05. The van der Waals surface area contributed by atoms with Crippen LogP contribution in [0.25, 0.3) is 0 Å². The van der Waals surface area contributed by atoms with Gasteiger partial charge in [-0.05, 0) is 17.7 Å². The predicted molar refractivity (Wildman–Crippen MR) is 68.5 cm³/mol. The van der Waals surface area contributed by atoms with Gasteiger partial charge in [0.05, 0.1) is 5.56 Å². The second kappa shape index (κ2) is 5.92. The minimum Gasteiger partial charge on any atom is -0.479 e. The number of pyridine rings is 1. The number of carbonyl (C=O) groups excluding carboxylic acids is 1. The minimum absolute atomic E-state index is 0.0913. The van der Waals surface area contributed by atoms with Crippen LogP contribution in [0.5, 0.6) is 0 Å². The van der Waals surface area contributed by atoms with Crippen LogP contribution in [0.4, 0.5) is 4.39 Å². The first kappa shape index (κ1) is 13.7. The number of hydrogen-bond acceptors (Lipinski definition) is 3. The number of benzene rings is 1. The van der Waals surface area contributed by atoms with Crippen LogP contribution in [-0.4, -0.2) is 22.0 Å². The number of halogens is 1. The van der Waals surface area contributed by atoms with Crippen molar-refractivity contribution in [3.63, 3.8) is 0 Å². The van der Waals surface area contributed by atoms with Crippen LogP contribution in [0.2, 0.25) is 0 Å². The highest BCUT2D eigenvalue weighted by atomic mass is 19.1. The lowest BCUT2D eigenvalue weighted by Crippen LogP contribution is -2.33. The van der Waals surface area contributed by atoms with Gasteiger partial charge in [0.2, 0.25) is 5.95 Å². The Morgan fingerprint density at radius 1 is 1.15 bits per heavy atom. The quantitative estimate of drug-likeness (QED) is 0.833. The summed E-state index contributed by atoms with van der Waals surface area (Å²) in [7, 11) is 0. The fourth-order valence-electron chi connectivity index (χ4n) is 1.66. The SMILES string of the molecule is O=C(N[C@H](C(=O)O)c1ccccc1)c1ccc(F)nc1. The Bertz CT molecular complexity index is 614. The van der Waals surface area contributed by atoms with E-state index in [1.54, 1.807) is 30.3 Å². The second-order valence-corrected chi connectivity index (χ2v) is 4.02. The lowest BCUT2D eigenvalue weighted by Gasteiger charge is -2.14. The number of nitrogens with zero attached hydrogens (tertiary/aromatic N) is 1. The van der Waals surface area contributed by atoms with E-state index in [1.165, 1.54) is 6.07 Å². The first-order chi connectivity index (χ1) is 9.58. The molecular weight excluding hydrogens is 263 g/mol. The molecule has 1 aromatic heterocycles. The second-order valence-electron chi connectivity index (χ2n) is 4.02. The molecule has 0 spiro atoms. The van der Waals surface area contributed by atoms with E-state index in [0.29, 0.717) is 5.56 Å². The molecule has 5 nitrogen and oxygen atoms in total. The van der Waals surface area contributed by atoms with Gasteiger partial charge in [-0.25, -0.2) is 9.78 Å². The average molecular weight is 274 g/mol. The molecule has 1 heterocycles. The number of nitrogens with one attached hydrogen (secondary N) is 1. The van der Waals surface area contributed by atoms with Crippen LogP contribution >= 0.6 is 0 Å². The van der Waals surface area contributed by atoms with Gasteiger partial charge in [0, 0.05) is 6.20 Å². The van der Waals surface area contributed by atoms with Gasteiger partial charge in [0.15, 0.2) is 6.04 Å². The molecule has 0 saturated heterocycles. The molecular formula is C14H11FN2O3. The molecule has 0 saturated carbocycles. The van der Waals surface area contributed by atoms with Crippen LogP contribution in [0.3, 0.4) is 0 Å². The van der Waals surface area contributed by atoms with Crippen molar-refractivity contribution in [3.05, 3.63) is 65.7 Å². The molecule has 0 fully saturated rings. The standard InChI is InChI=1S/C14H11FN2O3/c15-11-7-6-10(8-16-11)13(18)17-12(14(19)20)9-4-2-1-3-5-9/h1-8,12H,(H,17,18)(H,19,20)/t12-/m0/s1. The zero-order valence-electron chi connectivity index (χ0n) is 10.3. The number of amides is 1. The van der Waals surface area contributed by atoms with Gasteiger partial charge >= 0.3 is 5.97 Å². The van der Waals surface area contributed by atoms with Crippen LogP contribution in [0.15, 0.2) is 48.7 Å². The van der Waals surface area contributed by atoms with E-state index in [2.05, 4.69) is 10.3 Å². The summed E-state index contributed by atoms with van der Waals surface area (Å²) >= 11 is 0. The van der Waals surface area contributed by atoms with Crippen molar-refractivity contribution in [1.82, 2.24) is 10.3 Å². The lowest BCUT2D eigenvalue weighted by atomic mass is 10.1. The molecule has 0 bridgehead atoms. The number of carboxylic acid groups (broad SMARTS) is 1. The maximum Gasteiger partial charge on any atom is 0.330 e. The zero-order valence-corrected chi connectivity index (χ0v) is 10.3. The highest BCUT2D eigenvalue weighted by Crippen LogP contribution is 2.13. The summed E-state index contributed by atoms with van der Waals surface area (Å²) in [6, 6.07) is 9.40. The molecule has 6 heteroatoms. The Kier molecular flexibility index (Phi) is 4.05. The third-order valence-corrected chi connectivity index (χ3v) is 2.64. The molecule has 102 valence electrons. The predicted octanol–water partition coefficient (Wildman–Crippen LogP) is 1.78. The van der Waals surface area contributed by atoms with Crippen LogP contribution < -0.4 is 5.32 Å². The Hall–Kier alpha value is -2.76. The number of hydrogen-bond donors (Lipinski definition) is 2. The van der Waals surface area contributed by atoms with Crippen LogP contribution in [0, 0.1) is 5.95 Å². The number of aliphatic carboxylic acids is 1. The van der Waals surface area contributed by atoms with E-state index < -0.39 is 23.9 Å². The van der Waals surface area contributed by atoms with Gasteiger partial charge in [0.25, 0.3) is 5.91 Å². The van der Waals surface area contributed by atoms with Crippen molar-refractivity contribution in [3.8, 4) is 0 Å². The summed E-state index contributed by atoms with van der Waals surface area (Å²) in [5.74, 6) is -2.52. The smallest absolute Gasteiger partial charge is 0.330 e. The minimum atomic E-state index is -1.18. The van der Waals surface area contributed by atoms with Gasteiger partial charge in [0.1, 0.15) is 0 Å². The molecule has 1 atom stereocenters. The molecule has 0 aliphatic carbocycles. The van der Waals surface area contributed by atoms with Gasteiger partial charge in [-0.1, -0.05) is 30.3 Å². The molecule has 2 N–H and O–H groups in total. The normalized spacial score (nSPS) is 11.7. The van der Waals surface area contributed by atoms with E-state index in [-0.39, 0.29) is 5.56 Å². The van der Waals surface area contributed by atoms with Crippen molar-refractivity contribution in [2.24, 2.45) is 0 Å². The Morgan fingerprint density at radius 2 is 1.85 bits per heavy atom. The maximum atomic E-state index is 12.7. The monoisotopic (exact) mass is 274 g/mol. The van der Waals surface area contributed by atoms with E-state index in [4.69, 9.17) is 0 Å². The summed E-state index contributed by atoms with van der Waals surface area (Å²) in [5.41, 5.74) is 0.539. The molecule has 0 unspecified atom stereocenters. The summed E-state index contributed by atoms with van der Waals surface area (Å²) < 4.78 is 12.7. The highest BCUT2D eigenvalue weighted by Gasteiger charge is 2.22. The summed E-state index contributed by atoms with van der Waals surface area (Å²) in [4.78, 5) is 26.5. The highest BCUT2D eigenvalue weighted by molar-refractivity contribution is 5.96. The summed E-state index contributed by atoms with van der Waals surface area (Å²) in [5, 5.41) is 11.5. The van der Waals surface area contributed by atoms with E-state index in [0.717, 1.165) is 12.3 Å². The molecule has 0 radical (unpaired) electrons. The number of carboxylic acids is 1. The van der Waals surface area contributed by atoms with Crippen LogP contribution in [0.1, 0.15) is 22.0 Å². The number of aromatic nitrogens is 1. The topological polar surface area (TPSA) is 79.3 Å². The number of carbonyl (C=O) groups is 2. The first-order valence-corrected chi connectivity index (χ1v) is 5.78. The van der Waals surface area contributed by atoms with E-state index in [9.17, 15) is 19.1 Å². The lowest BCUT2D eigenvalue weighted by molar-refractivity contribution is -0.139. The van der Waals surface area contributed by atoms with Crippen molar-refractivity contribution in [1.29, 1.82) is 0 Å².